The topological polar surface area (TPSA) is 62.2 Å². The second-order valence-electron chi connectivity index (χ2n) is 3.54. The quantitative estimate of drug-likeness (QED) is 0.789. The van der Waals surface area contributed by atoms with Gasteiger partial charge in [-0.25, -0.2) is 9.78 Å². The number of aromatic nitrogens is 1. The summed E-state index contributed by atoms with van der Waals surface area (Å²) in [6.07, 6.45) is 3.09. The molecule has 0 fully saturated rings. The van der Waals surface area contributed by atoms with Crippen molar-refractivity contribution >= 4 is 22.6 Å². The highest BCUT2D eigenvalue weighted by Crippen LogP contribution is 2.24. The van der Waals surface area contributed by atoms with E-state index >= 15 is 0 Å². The zero-order valence-corrected chi connectivity index (χ0v) is 9.18. The first-order valence-corrected chi connectivity index (χ1v) is 5.20. The average molecular weight is 228 g/mol. The Balaban J connectivity index is 2.61. The normalized spacial score (nSPS) is 10.1. The summed E-state index contributed by atoms with van der Waals surface area (Å²) in [5, 5.41) is 13.6. The van der Waals surface area contributed by atoms with Gasteiger partial charge in [0.15, 0.2) is 0 Å². The SMILES string of the molecule is C=CCNc1ncc(C(=O)O)c2ccccc12. The van der Waals surface area contributed by atoms with Crippen LogP contribution >= 0.6 is 0 Å². The number of aromatic carboxylic acids is 1. The van der Waals surface area contributed by atoms with Crippen LogP contribution in [0.3, 0.4) is 0 Å². The van der Waals surface area contributed by atoms with Crippen molar-refractivity contribution in [1.29, 1.82) is 0 Å². The Labute approximate surface area is 98.6 Å². The number of carboxylic acids is 1. The third-order valence-electron chi connectivity index (χ3n) is 2.44. The third-order valence-corrected chi connectivity index (χ3v) is 2.44. The van der Waals surface area contributed by atoms with Crippen LogP contribution in [-0.2, 0) is 0 Å². The lowest BCUT2D eigenvalue weighted by Gasteiger charge is -2.08. The Morgan fingerprint density at radius 3 is 2.76 bits per heavy atom. The minimum absolute atomic E-state index is 0.213. The van der Waals surface area contributed by atoms with Crippen LogP contribution < -0.4 is 5.32 Å². The first kappa shape index (κ1) is 11.1. The average Bonchev–Trinajstić information content (AvgIpc) is 2.35. The van der Waals surface area contributed by atoms with E-state index in [4.69, 9.17) is 5.11 Å². The molecule has 2 N–H and O–H groups in total. The zero-order valence-electron chi connectivity index (χ0n) is 9.18. The monoisotopic (exact) mass is 228 g/mol. The predicted octanol–water partition coefficient (Wildman–Crippen LogP) is 2.53. The standard InChI is InChI=1S/C13H12N2O2/c1-2-7-14-12-10-6-4-3-5-9(10)11(8-15-12)13(16)17/h2-6,8H,1,7H2,(H,14,15)(H,16,17). The molecule has 0 amide bonds. The maximum absolute atomic E-state index is 11.1. The van der Waals surface area contributed by atoms with Gasteiger partial charge < -0.3 is 10.4 Å². The largest absolute Gasteiger partial charge is 0.478 e. The smallest absolute Gasteiger partial charge is 0.337 e. The number of benzene rings is 1. The van der Waals surface area contributed by atoms with Gasteiger partial charge in [-0.15, -0.1) is 6.58 Å². The van der Waals surface area contributed by atoms with Crippen molar-refractivity contribution in [2.75, 3.05) is 11.9 Å². The predicted molar refractivity (Wildman–Crippen MR) is 67.4 cm³/mol. The lowest BCUT2D eigenvalue weighted by atomic mass is 10.1. The van der Waals surface area contributed by atoms with E-state index in [2.05, 4.69) is 16.9 Å². The number of anilines is 1. The Morgan fingerprint density at radius 1 is 1.41 bits per heavy atom. The summed E-state index contributed by atoms with van der Waals surface area (Å²) in [7, 11) is 0. The van der Waals surface area contributed by atoms with Crippen molar-refractivity contribution in [3.8, 4) is 0 Å². The molecule has 0 bridgehead atoms. The Morgan fingerprint density at radius 2 is 2.12 bits per heavy atom. The van der Waals surface area contributed by atoms with Gasteiger partial charge in [0.25, 0.3) is 0 Å². The fourth-order valence-corrected chi connectivity index (χ4v) is 1.67. The van der Waals surface area contributed by atoms with Crippen LogP contribution in [0.15, 0.2) is 43.1 Å². The van der Waals surface area contributed by atoms with Crippen molar-refractivity contribution in [2.24, 2.45) is 0 Å². The van der Waals surface area contributed by atoms with Crippen molar-refractivity contribution in [1.82, 2.24) is 4.98 Å². The van der Waals surface area contributed by atoms with Crippen LogP contribution in [0.2, 0.25) is 0 Å². The molecule has 0 aliphatic heterocycles. The summed E-state index contributed by atoms with van der Waals surface area (Å²) in [4.78, 5) is 15.2. The number of carboxylic acid groups (broad SMARTS) is 1. The minimum atomic E-state index is -0.969. The molecular formula is C13H12N2O2. The van der Waals surface area contributed by atoms with Gasteiger partial charge in [0.1, 0.15) is 5.82 Å². The van der Waals surface area contributed by atoms with Crippen molar-refractivity contribution in [3.63, 3.8) is 0 Å². The van der Waals surface area contributed by atoms with Gasteiger partial charge in [-0.05, 0) is 0 Å². The van der Waals surface area contributed by atoms with Crippen molar-refractivity contribution < 1.29 is 9.90 Å². The van der Waals surface area contributed by atoms with Gasteiger partial charge in [-0.3, -0.25) is 0 Å². The van der Waals surface area contributed by atoms with E-state index in [-0.39, 0.29) is 5.56 Å². The van der Waals surface area contributed by atoms with E-state index in [1.54, 1.807) is 12.1 Å². The van der Waals surface area contributed by atoms with E-state index in [0.29, 0.717) is 17.7 Å². The second kappa shape index (κ2) is 4.65. The summed E-state index contributed by atoms with van der Waals surface area (Å²) in [6.45, 7) is 4.20. The van der Waals surface area contributed by atoms with Crippen LogP contribution in [0.4, 0.5) is 5.82 Å². The van der Waals surface area contributed by atoms with Crippen LogP contribution in [0.25, 0.3) is 10.8 Å². The third kappa shape index (κ3) is 2.10. The van der Waals surface area contributed by atoms with E-state index in [9.17, 15) is 4.79 Å². The molecule has 2 aromatic rings. The molecule has 1 aromatic carbocycles. The fourth-order valence-electron chi connectivity index (χ4n) is 1.67. The summed E-state index contributed by atoms with van der Waals surface area (Å²) < 4.78 is 0. The van der Waals surface area contributed by atoms with E-state index < -0.39 is 5.97 Å². The maximum Gasteiger partial charge on any atom is 0.337 e. The highest BCUT2D eigenvalue weighted by atomic mass is 16.4. The number of nitrogens with one attached hydrogen (secondary N) is 1. The molecule has 0 unspecified atom stereocenters. The van der Waals surface area contributed by atoms with Gasteiger partial charge in [0, 0.05) is 23.5 Å². The van der Waals surface area contributed by atoms with Crippen LogP contribution in [0, 0.1) is 0 Å². The van der Waals surface area contributed by atoms with E-state index in [1.165, 1.54) is 6.20 Å². The maximum atomic E-state index is 11.1. The molecule has 1 aromatic heterocycles. The number of pyridine rings is 1. The van der Waals surface area contributed by atoms with Crippen molar-refractivity contribution in [2.45, 2.75) is 0 Å². The first-order chi connectivity index (χ1) is 8.24. The Hall–Kier alpha value is -2.36. The molecule has 0 saturated carbocycles. The molecular weight excluding hydrogens is 216 g/mol. The molecule has 17 heavy (non-hydrogen) atoms. The van der Waals surface area contributed by atoms with Gasteiger partial charge in [-0.2, -0.15) is 0 Å². The minimum Gasteiger partial charge on any atom is -0.478 e. The highest BCUT2D eigenvalue weighted by Gasteiger charge is 2.11. The summed E-state index contributed by atoms with van der Waals surface area (Å²) in [6, 6.07) is 7.29. The van der Waals surface area contributed by atoms with Crippen LogP contribution in [0.1, 0.15) is 10.4 Å². The number of hydrogen-bond donors (Lipinski definition) is 2. The van der Waals surface area contributed by atoms with Gasteiger partial charge >= 0.3 is 5.97 Å². The number of nitrogens with zero attached hydrogens (tertiary/aromatic N) is 1. The Kier molecular flexibility index (Phi) is 3.05. The Bertz CT molecular complexity index is 579. The fraction of sp³-hybridized carbons (Fsp3) is 0.0769. The van der Waals surface area contributed by atoms with Gasteiger partial charge in [0.05, 0.1) is 5.56 Å². The number of rotatable bonds is 4. The summed E-state index contributed by atoms with van der Waals surface area (Å²) >= 11 is 0. The van der Waals surface area contributed by atoms with Crippen LogP contribution in [0.5, 0.6) is 0 Å². The summed E-state index contributed by atoms with van der Waals surface area (Å²) in [5.74, 6) is -0.297. The highest BCUT2D eigenvalue weighted by molar-refractivity contribution is 6.06. The molecule has 4 heteroatoms. The molecule has 0 saturated heterocycles. The van der Waals surface area contributed by atoms with E-state index in [0.717, 1.165) is 5.39 Å². The van der Waals surface area contributed by atoms with Crippen LogP contribution in [-0.4, -0.2) is 22.6 Å². The molecule has 4 nitrogen and oxygen atoms in total. The molecule has 0 radical (unpaired) electrons. The lowest BCUT2D eigenvalue weighted by Crippen LogP contribution is -2.04. The second-order valence-corrected chi connectivity index (χ2v) is 3.54. The number of fused-ring (bicyclic) bond motifs is 1. The molecule has 0 aliphatic carbocycles. The number of hydrogen-bond acceptors (Lipinski definition) is 3. The molecule has 0 aliphatic rings. The number of carbonyl (C=O) groups is 1. The van der Waals surface area contributed by atoms with Gasteiger partial charge in [0.2, 0.25) is 0 Å². The molecule has 86 valence electrons. The van der Waals surface area contributed by atoms with Crippen molar-refractivity contribution in [3.05, 3.63) is 48.7 Å². The first-order valence-electron chi connectivity index (χ1n) is 5.20. The molecule has 0 spiro atoms. The molecule has 1 heterocycles. The summed E-state index contributed by atoms with van der Waals surface area (Å²) in [5.41, 5.74) is 0.213. The molecule has 0 atom stereocenters. The lowest BCUT2D eigenvalue weighted by molar-refractivity contribution is 0.0698. The van der Waals surface area contributed by atoms with E-state index in [1.807, 2.05) is 18.2 Å². The molecule has 2 rings (SSSR count). The zero-order chi connectivity index (χ0) is 12.3. The van der Waals surface area contributed by atoms with Gasteiger partial charge in [-0.1, -0.05) is 30.3 Å².